The van der Waals surface area contributed by atoms with Crippen LogP contribution >= 0.6 is 0 Å². The minimum Gasteiger partial charge on any atom is -0.293 e. The Bertz CT molecular complexity index is 2150. The summed E-state index contributed by atoms with van der Waals surface area (Å²) in [5.74, 6) is 0. The third-order valence-electron chi connectivity index (χ3n) is 7.62. The van der Waals surface area contributed by atoms with E-state index >= 15 is 0 Å². The van der Waals surface area contributed by atoms with Crippen LogP contribution in [0.3, 0.4) is 0 Å². The number of fused-ring (bicyclic) bond motifs is 12. The quantitative estimate of drug-likeness (QED) is 0.177. The molecule has 8 aromatic rings. The van der Waals surface area contributed by atoms with Crippen LogP contribution in [-0.2, 0) is 0 Å². The van der Waals surface area contributed by atoms with E-state index in [0.717, 1.165) is 16.6 Å². The Morgan fingerprint density at radius 3 is 1.92 bits per heavy atom. The first kappa shape index (κ1) is 19.6. The van der Waals surface area contributed by atoms with Crippen molar-refractivity contribution in [3.05, 3.63) is 121 Å². The van der Waals surface area contributed by atoms with Crippen LogP contribution in [-0.4, -0.2) is 9.38 Å². The third-order valence-corrected chi connectivity index (χ3v) is 7.62. The highest BCUT2D eigenvalue weighted by molar-refractivity contribution is 6.35. The predicted octanol–water partition coefficient (Wildman–Crippen LogP) is 9.08. The summed E-state index contributed by atoms with van der Waals surface area (Å²) in [5.41, 5.74) is 6.89. The van der Waals surface area contributed by atoms with Crippen molar-refractivity contribution in [3.8, 4) is 11.3 Å². The molecule has 0 bridgehead atoms. The lowest BCUT2D eigenvalue weighted by molar-refractivity contribution is 1.23. The molecule has 0 atom stereocenters. The van der Waals surface area contributed by atoms with Gasteiger partial charge in [-0.1, -0.05) is 97.1 Å². The van der Waals surface area contributed by atoms with Crippen LogP contribution in [0.15, 0.2) is 115 Å². The first-order valence-corrected chi connectivity index (χ1v) is 12.4. The van der Waals surface area contributed by atoms with E-state index in [9.17, 15) is 0 Å². The Balaban J connectivity index is 1.77. The molecule has 0 aliphatic carbocycles. The van der Waals surface area contributed by atoms with E-state index in [1.54, 1.807) is 0 Å². The number of hydrogen-bond donors (Lipinski definition) is 0. The summed E-state index contributed by atoms with van der Waals surface area (Å²) in [6.07, 6.45) is 0. The topological polar surface area (TPSA) is 17.3 Å². The molecular weight excluding hydrogens is 436 g/mol. The smallest absolute Gasteiger partial charge is 0.146 e. The molecule has 0 spiro atoms. The van der Waals surface area contributed by atoms with Crippen LogP contribution in [0.2, 0.25) is 0 Å². The third kappa shape index (κ3) is 2.53. The van der Waals surface area contributed by atoms with Crippen LogP contribution in [0, 0.1) is 6.92 Å². The van der Waals surface area contributed by atoms with Gasteiger partial charge in [-0.05, 0) is 57.8 Å². The fourth-order valence-electron chi connectivity index (χ4n) is 6.11. The van der Waals surface area contributed by atoms with E-state index in [2.05, 4.69) is 127 Å². The van der Waals surface area contributed by atoms with Gasteiger partial charge in [-0.3, -0.25) is 4.40 Å². The van der Waals surface area contributed by atoms with Crippen molar-refractivity contribution in [2.45, 2.75) is 6.92 Å². The average Bonchev–Trinajstić information content (AvgIpc) is 3.29. The number of aryl methyl sites for hydroxylation is 1. The number of aromatic nitrogens is 2. The normalized spacial score (nSPS) is 12.0. The molecular formula is C34H22N2. The van der Waals surface area contributed by atoms with Gasteiger partial charge >= 0.3 is 0 Å². The zero-order valence-corrected chi connectivity index (χ0v) is 19.9. The Morgan fingerprint density at radius 1 is 0.556 bits per heavy atom. The van der Waals surface area contributed by atoms with Gasteiger partial charge in [0.05, 0.1) is 16.7 Å². The molecule has 0 amide bonds. The molecule has 3 aromatic heterocycles. The standard InChI is InChI=1S/C34H22N2/c1-21-19-30(22-11-3-2-4-12-22)36-33(21)32-27-17-9-7-15-25(27)24-14-6-8-16-26(24)31(32)28-20-23-13-5-10-18-29(23)35-34(28)36/h2-20H,1H3. The molecule has 0 radical (unpaired) electrons. The first-order valence-electron chi connectivity index (χ1n) is 12.4. The molecule has 0 N–H and O–H groups in total. The second kappa shape index (κ2) is 7.16. The number of benzene rings is 5. The van der Waals surface area contributed by atoms with Crippen molar-refractivity contribution in [1.82, 2.24) is 9.38 Å². The Labute approximate surface area is 208 Å². The molecule has 0 saturated carbocycles. The van der Waals surface area contributed by atoms with Crippen LogP contribution in [0.4, 0.5) is 0 Å². The average molecular weight is 459 g/mol. The Morgan fingerprint density at radius 2 is 1.17 bits per heavy atom. The van der Waals surface area contributed by atoms with Gasteiger partial charge in [0.1, 0.15) is 5.65 Å². The van der Waals surface area contributed by atoms with Crippen LogP contribution in [0.25, 0.3) is 71.0 Å². The van der Waals surface area contributed by atoms with Crippen molar-refractivity contribution >= 4 is 59.8 Å². The van der Waals surface area contributed by atoms with Gasteiger partial charge in [-0.25, -0.2) is 4.98 Å². The summed E-state index contributed by atoms with van der Waals surface area (Å²) in [5, 5.41) is 10.1. The van der Waals surface area contributed by atoms with Crippen LogP contribution < -0.4 is 0 Å². The minimum atomic E-state index is 1.00. The Hall–Kier alpha value is -4.69. The van der Waals surface area contributed by atoms with Gasteiger partial charge < -0.3 is 0 Å². The van der Waals surface area contributed by atoms with Crippen LogP contribution in [0.1, 0.15) is 5.56 Å². The van der Waals surface area contributed by atoms with E-state index < -0.39 is 0 Å². The second-order valence-electron chi connectivity index (χ2n) is 9.66. The summed E-state index contributed by atoms with van der Waals surface area (Å²) in [6.45, 7) is 2.23. The monoisotopic (exact) mass is 458 g/mol. The van der Waals surface area contributed by atoms with Gasteiger partial charge in [-0.2, -0.15) is 0 Å². The van der Waals surface area contributed by atoms with Crippen molar-refractivity contribution in [2.24, 2.45) is 0 Å². The molecule has 3 heterocycles. The fourth-order valence-corrected chi connectivity index (χ4v) is 6.11. The zero-order valence-electron chi connectivity index (χ0n) is 19.9. The zero-order chi connectivity index (χ0) is 23.8. The largest absolute Gasteiger partial charge is 0.293 e. The van der Waals surface area contributed by atoms with E-state index in [1.807, 2.05) is 0 Å². The lowest BCUT2D eigenvalue weighted by atomic mass is 9.92. The van der Waals surface area contributed by atoms with Gasteiger partial charge in [0.15, 0.2) is 0 Å². The molecule has 2 heteroatoms. The number of hydrogen-bond acceptors (Lipinski definition) is 1. The molecule has 0 fully saturated rings. The maximum atomic E-state index is 5.31. The Kier molecular flexibility index (Phi) is 3.90. The van der Waals surface area contributed by atoms with Crippen LogP contribution in [0.5, 0.6) is 0 Å². The highest BCUT2D eigenvalue weighted by Crippen LogP contribution is 2.44. The molecule has 0 saturated heterocycles. The summed E-state index contributed by atoms with van der Waals surface area (Å²) in [7, 11) is 0. The SMILES string of the molecule is Cc1cc(-c2ccccc2)n2c3nc4ccccc4cc3c3c4ccccc4c4ccccc4c3c12. The summed E-state index contributed by atoms with van der Waals surface area (Å²) in [6, 6.07) is 41.4. The molecule has 168 valence electrons. The first-order chi connectivity index (χ1) is 17.8. The summed E-state index contributed by atoms with van der Waals surface area (Å²) in [4.78, 5) is 5.31. The highest BCUT2D eigenvalue weighted by atomic mass is 15.0. The number of nitrogens with zero attached hydrogens (tertiary/aromatic N) is 2. The summed E-state index contributed by atoms with van der Waals surface area (Å²) >= 11 is 0. The predicted molar refractivity (Wildman–Crippen MR) is 153 cm³/mol. The number of rotatable bonds is 1. The minimum absolute atomic E-state index is 1.00. The van der Waals surface area contributed by atoms with E-state index in [4.69, 9.17) is 4.98 Å². The van der Waals surface area contributed by atoms with E-state index in [1.165, 1.54) is 60.0 Å². The van der Waals surface area contributed by atoms with Crippen molar-refractivity contribution in [1.29, 1.82) is 0 Å². The molecule has 0 aliphatic rings. The van der Waals surface area contributed by atoms with Crippen molar-refractivity contribution in [3.63, 3.8) is 0 Å². The maximum absolute atomic E-state index is 5.31. The van der Waals surface area contributed by atoms with Crippen molar-refractivity contribution < 1.29 is 0 Å². The molecule has 5 aromatic carbocycles. The van der Waals surface area contributed by atoms with Gasteiger partial charge in [-0.15, -0.1) is 0 Å². The molecule has 2 nitrogen and oxygen atoms in total. The lowest BCUT2D eigenvalue weighted by Crippen LogP contribution is -1.98. The van der Waals surface area contributed by atoms with E-state index in [0.29, 0.717) is 0 Å². The fraction of sp³-hybridized carbons (Fsp3) is 0.0294. The van der Waals surface area contributed by atoms with Gasteiger partial charge in [0.2, 0.25) is 0 Å². The number of para-hydroxylation sites is 1. The highest BCUT2D eigenvalue weighted by Gasteiger charge is 2.21. The molecule has 8 rings (SSSR count). The van der Waals surface area contributed by atoms with Gasteiger partial charge in [0.25, 0.3) is 0 Å². The second-order valence-corrected chi connectivity index (χ2v) is 9.66. The molecule has 36 heavy (non-hydrogen) atoms. The van der Waals surface area contributed by atoms with E-state index in [-0.39, 0.29) is 0 Å². The number of pyridine rings is 2. The van der Waals surface area contributed by atoms with Gasteiger partial charge in [0, 0.05) is 21.5 Å². The maximum Gasteiger partial charge on any atom is 0.146 e. The van der Waals surface area contributed by atoms with Crippen molar-refractivity contribution in [2.75, 3.05) is 0 Å². The lowest BCUT2D eigenvalue weighted by Gasteiger charge is -2.17. The summed E-state index contributed by atoms with van der Waals surface area (Å²) < 4.78 is 2.40. The molecule has 0 unspecified atom stereocenters. The molecule has 0 aliphatic heterocycles.